The summed E-state index contributed by atoms with van der Waals surface area (Å²) >= 11 is 1.55. The van der Waals surface area contributed by atoms with Crippen molar-refractivity contribution in [3.8, 4) is 17.6 Å². The molecule has 2 aromatic rings. The Morgan fingerprint density at radius 2 is 2.19 bits per heavy atom. The lowest BCUT2D eigenvalue weighted by Gasteiger charge is -2.09. The molecule has 3 rings (SSSR count). The Hall–Kier alpha value is -2.85. The number of nitriles is 1. The average Bonchev–Trinajstić information content (AvgIpc) is 3.21. The minimum atomic E-state index is 0.246. The van der Waals surface area contributed by atoms with Crippen molar-refractivity contribution in [2.24, 2.45) is 5.73 Å². The van der Waals surface area contributed by atoms with Gasteiger partial charge in [-0.15, -0.1) is 0 Å². The van der Waals surface area contributed by atoms with Crippen LogP contribution < -0.4 is 25.9 Å². The summed E-state index contributed by atoms with van der Waals surface area (Å²) in [4.78, 5) is 5.81. The van der Waals surface area contributed by atoms with Gasteiger partial charge in [0.25, 0.3) is 0 Å². The predicted molar refractivity (Wildman–Crippen MR) is 106 cm³/mol. The van der Waals surface area contributed by atoms with Gasteiger partial charge in [0.2, 0.25) is 6.79 Å². The number of ether oxygens (including phenoxy) is 2. The third-order valence-electron chi connectivity index (χ3n) is 4.16. The highest BCUT2D eigenvalue weighted by molar-refractivity contribution is 7.99. The van der Waals surface area contributed by atoms with Crippen molar-refractivity contribution in [3.05, 3.63) is 41.0 Å². The standard InChI is InChI=1S/C20H22N4O2S/c1-4-7-15-19(14(3)22)23-20(24(15)9-6-5-8-21)27-18-11-17-16(10-13(18)2)25-12-26-17/h4,7,10-11H,1,5-6,9,12,22H2,2-3H3/b15-7+,19-14-. The lowest BCUT2D eigenvalue weighted by Crippen LogP contribution is -2.33. The molecule has 0 fully saturated rings. The van der Waals surface area contributed by atoms with Crippen LogP contribution >= 0.6 is 11.8 Å². The zero-order valence-corrected chi connectivity index (χ0v) is 16.3. The fraction of sp³-hybridized carbons (Fsp3) is 0.300. The van der Waals surface area contributed by atoms with Crippen LogP contribution in [0.25, 0.3) is 11.8 Å². The third-order valence-corrected chi connectivity index (χ3v) is 5.32. The molecule has 140 valence electrons. The van der Waals surface area contributed by atoms with Crippen molar-refractivity contribution < 1.29 is 9.47 Å². The predicted octanol–water partition coefficient (Wildman–Crippen LogP) is 2.43. The Labute approximate surface area is 162 Å². The second kappa shape index (κ2) is 8.23. The van der Waals surface area contributed by atoms with E-state index in [0.717, 1.165) is 44.2 Å². The van der Waals surface area contributed by atoms with E-state index in [9.17, 15) is 0 Å². The Kier molecular flexibility index (Phi) is 5.77. The Balaban J connectivity index is 2.08. The van der Waals surface area contributed by atoms with Gasteiger partial charge in [0.1, 0.15) is 5.35 Å². The van der Waals surface area contributed by atoms with Gasteiger partial charge in [0.05, 0.1) is 11.4 Å². The van der Waals surface area contributed by atoms with Crippen LogP contribution in [0.1, 0.15) is 25.3 Å². The lowest BCUT2D eigenvalue weighted by molar-refractivity contribution is 0.174. The zero-order chi connectivity index (χ0) is 19.4. The smallest absolute Gasteiger partial charge is 0.231 e. The molecule has 0 radical (unpaired) electrons. The van der Waals surface area contributed by atoms with E-state index in [2.05, 4.69) is 17.2 Å². The lowest BCUT2D eigenvalue weighted by atomic mass is 10.2. The van der Waals surface area contributed by atoms with Crippen LogP contribution in [0, 0.1) is 18.3 Å². The van der Waals surface area contributed by atoms with Crippen molar-refractivity contribution >= 4 is 23.5 Å². The SMILES string of the molecule is C=C/C=c1\c(=C(/C)N)nc(Sc2cc3c(cc2C)OCO3)n1CCCC#N. The van der Waals surface area contributed by atoms with Crippen LogP contribution in [0.15, 0.2) is 34.8 Å². The summed E-state index contributed by atoms with van der Waals surface area (Å²) < 4.78 is 13.0. The van der Waals surface area contributed by atoms with Gasteiger partial charge in [-0.05, 0) is 44.0 Å². The minimum Gasteiger partial charge on any atom is -0.454 e. The average molecular weight is 382 g/mol. The van der Waals surface area contributed by atoms with Gasteiger partial charge in [-0.2, -0.15) is 5.26 Å². The summed E-state index contributed by atoms with van der Waals surface area (Å²) in [6, 6.07) is 6.15. The van der Waals surface area contributed by atoms with Gasteiger partial charge in [-0.25, -0.2) is 4.98 Å². The third kappa shape index (κ3) is 3.96. The van der Waals surface area contributed by atoms with E-state index >= 15 is 0 Å². The molecule has 7 heteroatoms. The van der Waals surface area contributed by atoms with Crippen LogP contribution in [0.4, 0.5) is 0 Å². The first-order chi connectivity index (χ1) is 13.0. The molecule has 1 aromatic carbocycles. The van der Waals surface area contributed by atoms with Crippen LogP contribution in [-0.4, -0.2) is 16.3 Å². The maximum Gasteiger partial charge on any atom is 0.231 e. The molecule has 1 aliphatic heterocycles. The van der Waals surface area contributed by atoms with Crippen molar-refractivity contribution in [3.63, 3.8) is 0 Å². The number of benzene rings is 1. The molecule has 1 aliphatic rings. The molecule has 0 unspecified atom stereocenters. The summed E-state index contributed by atoms with van der Waals surface area (Å²) in [5.74, 6) is 1.51. The van der Waals surface area contributed by atoms with E-state index < -0.39 is 0 Å². The van der Waals surface area contributed by atoms with E-state index in [4.69, 9.17) is 25.5 Å². The van der Waals surface area contributed by atoms with E-state index in [1.807, 2.05) is 32.1 Å². The number of unbranched alkanes of at least 4 members (excludes halogenated alkanes) is 1. The fourth-order valence-electron chi connectivity index (χ4n) is 2.86. The summed E-state index contributed by atoms with van der Waals surface area (Å²) in [6.07, 6.45) is 4.85. The zero-order valence-electron chi connectivity index (χ0n) is 15.5. The van der Waals surface area contributed by atoms with Gasteiger partial charge < -0.3 is 19.8 Å². The number of fused-ring (bicyclic) bond motifs is 1. The van der Waals surface area contributed by atoms with Crippen molar-refractivity contribution in [1.29, 1.82) is 5.26 Å². The number of nitrogens with zero attached hydrogens (tertiary/aromatic N) is 3. The van der Waals surface area contributed by atoms with Crippen LogP contribution in [0.3, 0.4) is 0 Å². The molecular weight excluding hydrogens is 360 g/mol. The van der Waals surface area contributed by atoms with Crippen molar-refractivity contribution in [2.75, 3.05) is 6.79 Å². The maximum absolute atomic E-state index is 8.89. The number of nitrogens with two attached hydrogens (primary N) is 1. The number of allylic oxidation sites excluding steroid dienone is 1. The highest BCUT2D eigenvalue weighted by Crippen LogP contribution is 2.39. The summed E-state index contributed by atoms with van der Waals surface area (Å²) in [5.41, 5.74) is 7.80. The molecule has 6 nitrogen and oxygen atoms in total. The Morgan fingerprint density at radius 1 is 1.44 bits per heavy atom. The van der Waals surface area contributed by atoms with Crippen molar-refractivity contribution in [2.45, 2.75) is 43.3 Å². The number of hydrogen-bond acceptors (Lipinski definition) is 6. The minimum absolute atomic E-state index is 0.246. The molecule has 1 aromatic heterocycles. The molecule has 0 atom stereocenters. The largest absolute Gasteiger partial charge is 0.454 e. The monoisotopic (exact) mass is 382 g/mol. The number of hydrogen-bond donors (Lipinski definition) is 1. The molecule has 0 aliphatic carbocycles. The number of imidazole rings is 1. The van der Waals surface area contributed by atoms with Gasteiger partial charge in [-0.3, -0.25) is 0 Å². The van der Waals surface area contributed by atoms with Crippen molar-refractivity contribution in [1.82, 2.24) is 9.55 Å². The second-order valence-electron chi connectivity index (χ2n) is 6.20. The second-order valence-corrected chi connectivity index (χ2v) is 7.21. The van der Waals surface area contributed by atoms with E-state index in [1.165, 1.54) is 0 Å². The highest BCUT2D eigenvalue weighted by Gasteiger charge is 2.18. The molecule has 0 saturated heterocycles. The molecule has 0 saturated carbocycles. The van der Waals surface area contributed by atoms with Crippen LogP contribution in [0.2, 0.25) is 0 Å². The Morgan fingerprint density at radius 3 is 2.85 bits per heavy atom. The molecule has 2 N–H and O–H groups in total. The highest BCUT2D eigenvalue weighted by atomic mass is 32.2. The molecule has 2 heterocycles. The number of aryl methyl sites for hydroxylation is 1. The van der Waals surface area contributed by atoms with E-state index in [1.54, 1.807) is 17.8 Å². The van der Waals surface area contributed by atoms with Crippen LogP contribution in [0.5, 0.6) is 11.5 Å². The maximum atomic E-state index is 8.89. The topological polar surface area (TPSA) is 86.1 Å². The van der Waals surface area contributed by atoms with Gasteiger partial charge in [0.15, 0.2) is 16.7 Å². The summed E-state index contributed by atoms with van der Waals surface area (Å²) in [7, 11) is 0. The first-order valence-corrected chi connectivity index (χ1v) is 9.47. The molecule has 0 bridgehead atoms. The Bertz CT molecular complexity index is 1030. The first-order valence-electron chi connectivity index (χ1n) is 8.66. The van der Waals surface area contributed by atoms with Gasteiger partial charge in [0, 0.05) is 23.6 Å². The normalized spacial score (nSPS) is 14.2. The summed E-state index contributed by atoms with van der Waals surface area (Å²) in [5, 5.41) is 11.4. The number of aromatic nitrogens is 2. The molecule has 27 heavy (non-hydrogen) atoms. The number of rotatable bonds is 6. The fourth-order valence-corrected chi connectivity index (χ4v) is 3.88. The molecule has 0 spiro atoms. The molecule has 0 amide bonds. The van der Waals surface area contributed by atoms with Gasteiger partial charge >= 0.3 is 0 Å². The van der Waals surface area contributed by atoms with Crippen LogP contribution in [-0.2, 0) is 6.54 Å². The van der Waals surface area contributed by atoms with E-state index in [0.29, 0.717) is 18.7 Å². The first kappa shape index (κ1) is 18.9. The summed E-state index contributed by atoms with van der Waals surface area (Å²) in [6.45, 7) is 8.60. The quantitative estimate of drug-likeness (QED) is 0.772. The molecular formula is C20H22N4O2S. The van der Waals surface area contributed by atoms with Gasteiger partial charge in [-0.1, -0.05) is 24.4 Å². The van der Waals surface area contributed by atoms with E-state index in [-0.39, 0.29) is 6.79 Å².